The van der Waals surface area contributed by atoms with Gasteiger partial charge < -0.3 is 15.6 Å². The van der Waals surface area contributed by atoms with Gasteiger partial charge in [-0.3, -0.25) is 10.1 Å². The molecule has 0 aliphatic rings. The molecule has 1 amide bonds. The summed E-state index contributed by atoms with van der Waals surface area (Å²) in [6, 6.07) is 2.48. The van der Waals surface area contributed by atoms with Gasteiger partial charge in [-0.1, -0.05) is 19.1 Å². The van der Waals surface area contributed by atoms with Crippen LogP contribution in [0.2, 0.25) is 0 Å². The Morgan fingerprint density at radius 3 is 2.43 bits per heavy atom. The zero-order valence-electron chi connectivity index (χ0n) is 17.6. The Morgan fingerprint density at radius 2 is 2.00 bits per heavy atom. The van der Waals surface area contributed by atoms with Gasteiger partial charge in [-0.15, -0.1) is 0 Å². The number of amides is 1. The van der Waals surface area contributed by atoms with Crippen molar-refractivity contribution in [2.45, 2.75) is 39.2 Å². The van der Waals surface area contributed by atoms with Crippen LogP contribution in [0.4, 0.5) is 17.6 Å². The first-order valence-corrected chi connectivity index (χ1v) is 9.21. The van der Waals surface area contributed by atoms with Gasteiger partial charge in [0.1, 0.15) is 18.3 Å². The fourth-order valence-electron chi connectivity index (χ4n) is 2.54. The number of hydrogen-bond donors (Lipinski definition) is 3. The number of alkyl halides is 3. The van der Waals surface area contributed by atoms with E-state index in [1.54, 1.807) is 21.0 Å². The number of hydrogen-bond acceptors (Lipinski definition) is 4. The van der Waals surface area contributed by atoms with Gasteiger partial charge in [0.25, 0.3) is 5.92 Å². The maximum atomic E-state index is 14.6. The predicted octanol–water partition coefficient (Wildman–Crippen LogP) is 3.86. The second-order valence-electron chi connectivity index (χ2n) is 6.91. The van der Waals surface area contributed by atoms with Crippen molar-refractivity contribution in [1.82, 2.24) is 15.5 Å². The Labute approximate surface area is 173 Å². The predicted molar refractivity (Wildman–Crippen MR) is 109 cm³/mol. The van der Waals surface area contributed by atoms with Crippen molar-refractivity contribution < 1.29 is 22.4 Å². The van der Waals surface area contributed by atoms with Crippen LogP contribution >= 0.6 is 0 Å². The third kappa shape index (κ3) is 6.57. The third-order valence-corrected chi connectivity index (χ3v) is 4.37. The van der Waals surface area contributed by atoms with Gasteiger partial charge >= 0.3 is 0 Å². The Bertz CT molecular complexity index is 831. The molecule has 3 N–H and O–H groups in total. The number of carbonyl (C=O) groups excluding carboxylic acids is 1. The summed E-state index contributed by atoms with van der Waals surface area (Å²) in [6.45, 7) is 2.84. The van der Waals surface area contributed by atoms with Crippen molar-refractivity contribution in [3.8, 4) is 0 Å². The lowest BCUT2D eigenvalue weighted by atomic mass is 9.99. The van der Waals surface area contributed by atoms with Crippen molar-refractivity contribution in [1.29, 1.82) is 5.41 Å². The van der Waals surface area contributed by atoms with Crippen molar-refractivity contribution in [3.63, 3.8) is 0 Å². The zero-order valence-corrected chi connectivity index (χ0v) is 17.6. The molecule has 0 heterocycles. The van der Waals surface area contributed by atoms with Crippen LogP contribution in [0, 0.1) is 11.2 Å². The highest BCUT2D eigenvalue weighted by molar-refractivity contribution is 5.99. The molecule has 0 bridgehead atoms. The molecule has 0 spiro atoms. The minimum Gasteiger partial charge on any atom is -0.363 e. The summed E-state index contributed by atoms with van der Waals surface area (Å²) < 4.78 is 54.6. The van der Waals surface area contributed by atoms with E-state index in [2.05, 4.69) is 15.6 Å². The van der Waals surface area contributed by atoms with Crippen LogP contribution < -0.4 is 10.6 Å². The van der Waals surface area contributed by atoms with E-state index >= 15 is 0 Å². The molecule has 0 aromatic heterocycles. The maximum absolute atomic E-state index is 14.6. The van der Waals surface area contributed by atoms with Gasteiger partial charge in [0.15, 0.2) is 0 Å². The van der Waals surface area contributed by atoms with Crippen molar-refractivity contribution in [3.05, 3.63) is 46.5 Å². The minimum absolute atomic E-state index is 0.0480. The highest BCUT2D eigenvalue weighted by atomic mass is 19.3. The van der Waals surface area contributed by atoms with E-state index in [-0.39, 0.29) is 28.6 Å². The lowest BCUT2D eigenvalue weighted by Gasteiger charge is -2.23. The third-order valence-electron chi connectivity index (χ3n) is 4.37. The van der Waals surface area contributed by atoms with Crippen LogP contribution in [0.15, 0.2) is 34.6 Å². The molecule has 6 nitrogen and oxygen atoms in total. The van der Waals surface area contributed by atoms with Crippen LogP contribution in [0.3, 0.4) is 0 Å². The van der Waals surface area contributed by atoms with Crippen LogP contribution in [0.5, 0.6) is 0 Å². The number of rotatable bonds is 9. The summed E-state index contributed by atoms with van der Waals surface area (Å²) in [4.78, 5) is 16.6. The normalized spacial score (nSPS) is 14.0. The van der Waals surface area contributed by atoms with Gasteiger partial charge in [0.2, 0.25) is 12.4 Å². The molecule has 1 atom stereocenters. The molecule has 1 unspecified atom stereocenters. The molecule has 0 aliphatic carbocycles. The number of carbonyl (C=O) groups is 1. The van der Waals surface area contributed by atoms with E-state index in [1.165, 1.54) is 17.9 Å². The first-order chi connectivity index (χ1) is 14.0. The molecule has 166 valence electrons. The van der Waals surface area contributed by atoms with Crippen molar-refractivity contribution in [2.75, 3.05) is 20.8 Å². The maximum Gasteiger partial charge on any atom is 0.270 e. The highest BCUT2D eigenvalue weighted by Gasteiger charge is 2.26. The summed E-state index contributed by atoms with van der Waals surface area (Å²) >= 11 is 0. The summed E-state index contributed by atoms with van der Waals surface area (Å²) in [5.41, 5.74) is -0.526. The zero-order chi connectivity index (χ0) is 23.1. The first-order valence-electron chi connectivity index (χ1n) is 9.21. The first kappa shape index (κ1) is 25.1. The quantitative estimate of drug-likeness (QED) is 0.241. The van der Waals surface area contributed by atoms with Crippen molar-refractivity contribution >= 4 is 18.1 Å². The number of halogens is 4. The Morgan fingerprint density at radius 1 is 1.37 bits per heavy atom. The van der Waals surface area contributed by atoms with E-state index in [0.29, 0.717) is 19.8 Å². The fourth-order valence-corrected chi connectivity index (χ4v) is 2.54. The Hall–Kier alpha value is -2.91. The lowest BCUT2D eigenvalue weighted by molar-refractivity contribution is -0.108. The SMILES string of the molecule is CCC(NC(/N=C(\NC=O)N(C)C)=C(/C)C(=N)CF)c1ccc(C(C)(F)F)cc1F. The molecule has 0 saturated heterocycles. The van der Waals surface area contributed by atoms with E-state index in [1.807, 2.05) is 0 Å². The van der Waals surface area contributed by atoms with E-state index in [4.69, 9.17) is 5.41 Å². The summed E-state index contributed by atoms with van der Waals surface area (Å²) in [5, 5.41) is 13.1. The largest absolute Gasteiger partial charge is 0.363 e. The monoisotopic (exact) mass is 429 g/mol. The molecule has 1 aromatic carbocycles. The molecule has 10 heteroatoms. The van der Waals surface area contributed by atoms with Crippen LogP contribution in [0.25, 0.3) is 0 Å². The summed E-state index contributed by atoms with van der Waals surface area (Å²) in [5.74, 6) is -3.85. The van der Waals surface area contributed by atoms with Crippen LogP contribution in [-0.4, -0.2) is 43.8 Å². The van der Waals surface area contributed by atoms with Gasteiger partial charge in [-0.25, -0.2) is 17.6 Å². The summed E-state index contributed by atoms with van der Waals surface area (Å²) in [6.07, 6.45) is 0.749. The number of nitrogens with zero attached hydrogens (tertiary/aromatic N) is 2. The number of guanidine groups is 1. The lowest BCUT2D eigenvalue weighted by Crippen LogP contribution is -2.36. The van der Waals surface area contributed by atoms with E-state index < -0.39 is 30.0 Å². The topological polar surface area (TPSA) is 80.6 Å². The molecule has 0 saturated carbocycles. The Kier molecular flexibility index (Phi) is 9.00. The number of allylic oxidation sites excluding steroid dienone is 1. The average molecular weight is 429 g/mol. The number of nitrogens with one attached hydrogen (secondary N) is 3. The molecule has 1 aromatic rings. The molecule has 0 fully saturated rings. The average Bonchev–Trinajstić information content (AvgIpc) is 2.68. The fraction of sp³-hybridized carbons (Fsp3) is 0.450. The van der Waals surface area contributed by atoms with Crippen LogP contribution in [-0.2, 0) is 10.7 Å². The van der Waals surface area contributed by atoms with E-state index in [0.717, 1.165) is 12.1 Å². The second-order valence-corrected chi connectivity index (χ2v) is 6.91. The highest BCUT2D eigenvalue weighted by Crippen LogP contribution is 2.30. The summed E-state index contributed by atoms with van der Waals surface area (Å²) in [7, 11) is 3.23. The molecule has 1 rings (SSSR count). The second kappa shape index (κ2) is 10.7. The molecular formula is C20H27F4N5O. The van der Waals surface area contributed by atoms with E-state index in [9.17, 15) is 22.4 Å². The van der Waals surface area contributed by atoms with Gasteiger partial charge in [-0.2, -0.15) is 4.99 Å². The molecule has 0 aliphatic heterocycles. The minimum atomic E-state index is -3.18. The van der Waals surface area contributed by atoms with Gasteiger partial charge in [0, 0.05) is 37.7 Å². The standard InChI is InChI=1S/C20H27F4N5O/c1-6-17(14-8-7-13(9-15(14)22)20(3,23)24)27-18(12(2)16(25)10-21)28-19(26-11-30)29(4)5/h7-9,11,17,25,27H,6,10H2,1-5H3,(H,26,28,30)/b18-12+,25-16?. The van der Waals surface area contributed by atoms with Gasteiger partial charge in [0.05, 0.1) is 11.8 Å². The number of benzene rings is 1. The Balaban J connectivity index is 3.44. The molecule has 0 radical (unpaired) electrons. The van der Waals surface area contributed by atoms with Crippen LogP contribution in [0.1, 0.15) is 44.4 Å². The molecule has 30 heavy (non-hydrogen) atoms. The van der Waals surface area contributed by atoms with Crippen molar-refractivity contribution in [2.24, 2.45) is 4.99 Å². The number of aliphatic imine (C=N–C) groups is 1. The molecular weight excluding hydrogens is 402 g/mol. The van der Waals surface area contributed by atoms with Gasteiger partial charge in [-0.05, 0) is 19.4 Å². The smallest absolute Gasteiger partial charge is 0.270 e.